The van der Waals surface area contributed by atoms with Crippen molar-refractivity contribution in [3.63, 3.8) is 0 Å². The molecule has 2 heterocycles. The van der Waals surface area contributed by atoms with Crippen LogP contribution in [0.5, 0.6) is 0 Å². The normalized spacial score (nSPS) is 14.3. The number of aromatic nitrogens is 1. The van der Waals surface area contributed by atoms with Crippen LogP contribution in [0.1, 0.15) is 39.1 Å². The molecule has 0 bridgehead atoms. The highest BCUT2D eigenvalue weighted by molar-refractivity contribution is 6.05. The summed E-state index contributed by atoms with van der Waals surface area (Å²) in [7, 11) is 0. The van der Waals surface area contributed by atoms with Gasteiger partial charge in [0.05, 0.1) is 16.7 Å². The number of benzene rings is 1. The fourth-order valence-electron chi connectivity index (χ4n) is 2.73. The molecule has 0 saturated carbocycles. The number of nitrogens with one attached hydrogen (secondary N) is 1. The first-order valence-electron chi connectivity index (χ1n) is 8.07. The molecule has 1 saturated heterocycles. The molecule has 0 atom stereocenters. The van der Waals surface area contributed by atoms with E-state index in [1.54, 1.807) is 4.90 Å². The second-order valence-corrected chi connectivity index (χ2v) is 5.99. The number of hydrogen-bond acceptors (Lipinski definition) is 3. The van der Waals surface area contributed by atoms with Gasteiger partial charge in [-0.3, -0.25) is 14.6 Å². The zero-order valence-corrected chi connectivity index (χ0v) is 13.7. The van der Waals surface area contributed by atoms with Gasteiger partial charge in [0.15, 0.2) is 0 Å². The predicted octanol–water partition coefficient (Wildman–Crippen LogP) is 3.59. The quantitative estimate of drug-likeness (QED) is 0.907. The molecule has 3 rings (SSSR count). The van der Waals surface area contributed by atoms with Crippen molar-refractivity contribution in [3.05, 3.63) is 59.4 Å². The van der Waals surface area contributed by atoms with E-state index >= 15 is 0 Å². The number of carbonyl (C=O) groups excluding carboxylic acids is 2. The smallest absolute Gasteiger partial charge is 0.339 e. The number of likely N-dealkylation sites (tertiary alicyclic amines) is 1. The number of carbonyl (C=O) groups is 2. The van der Waals surface area contributed by atoms with Gasteiger partial charge in [-0.15, -0.1) is 0 Å². The molecular weight excluding hydrogens is 347 g/mol. The molecule has 1 aliphatic rings. The van der Waals surface area contributed by atoms with E-state index < -0.39 is 17.6 Å². The van der Waals surface area contributed by atoms with Gasteiger partial charge in [0.2, 0.25) is 0 Å². The lowest BCUT2D eigenvalue weighted by molar-refractivity contribution is -0.137. The van der Waals surface area contributed by atoms with Crippen molar-refractivity contribution in [3.8, 4) is 0 Å². The van der Waals surface area contributed by atoms with Crippen LogP contribution in [0.25, 0.3) is 0 Å². The Hall–Kier alpha value is -2.90. The second-order valence-electron chi connectivity index (χ2n) is 5.99. The zero-order valence-electron chi connectivity index (χ0n) is 13.7. The summed E-state index contributed by atoms with van der Waals surface area (Å²) < 4.78 is 37.7. The highest BCUT2D eigenvalue weighted by Crippen LogP contribution is 2.29. The van der Waals surface area contributed by atoms with Crippen LogP contribution in [0, 0.1) is 0 Å². The third kappa shape index (κ3) is 4.01. The Morgan fingerprint density at radius 3 is 2.23 bits per heavy atom. The van der Waals surface area contributed by atoms with Crippen molar-refractivity contribution in [1.82, 2.24) is 9.88 Å². The van der Waals surface area contributed by atoms with Crippen molar-refractivity contribution in [2.75, 3.05) is 18.4 Å². The van der Waals surface area contributed by atoms with Gasteiger partial charge in [0.25, 0.3) is 11.8 Å². The van der Waals surface area contributed by atoms with Gasteiger partial charge >= 0.3 is 6.18 Å². The van der Waals surface area contributed by atoms with E-state index in [1.807, 2.05) is 0 Å². The van der Waals surface area contributed by atoms with Crippen molar-refractivity contribution in [2.24, 2.45) is 0 Å². The maximum absolute atomic E-state index is 12.6. The molecule has 0 spiro atoms. The monoisotopic (exact) mass is 363 g/mol. The fraction of sp³-hybridized carbons (Fsp3) is 0.278. The van der Waals surface area contributed by atoms with Gasteiger partial charge in [-0.05, 0) is 43.2 Å². The Balaban J connectivity index is 1.72. The van der Waals surface area contributed by atoms with Crippen molar-refractivity contribution in [2.45, 2.75) is 19.0 Å². The molecule has 0 unspecified atom stereocenters. The molecular formula is C18H16F3N3O2. The second kappa shape index (κ2) is 7.15. The maximum atomic E-state index is 12.6. The molecule has 1 N–H and O–H groups in total. The minimum absolute atomic E-state index is 0.162. The van der Waals surface area contributed by atoms with E-state index in [-0.39, 0.29) is 17.2 Å². The molecule has 5 nitrogen and oxygen atoms in total. The van der Waals surface area contributed by atoms with E-state index in [2.05, 4.69) is 10.3 Å². The van der Waals surface area contributed by atoms with E-state index in [0.717, 1.165) is 25.0 Å². The highest BCUT2D eigenvalue weighted by Gasteiger charge is 2.30. The van der Waals surface area contributed by atoms with Gasteiger partial charge in [0, 0.05) is 31.2 Å². The van der Waals surface area contributed by atoms with E-state index in [1.165, 1.54) is 30.6 Å². The van der Waals surface area contributed by atoms with Crippen molar-refractivity contribution >= 4 is 17.5 Å². The SMILES string of the molecule is O=C(Nc1ccc(C(F)(F)F)cc1)c1cncc(C(=O)N2CCCC2)c1. The molecule has 26 heavy (non-hydrogen) atoms. The van der Waals surface area contributed by atoms with Crippen molar-refractivity contribution < 1.29 is 22.8 Å². The number of amides is 2. The maximum Gasteiger partial charge on any atom is 0.416 e. The minimum atomic E-state index is -4.43. The Morgan fingerprint density at radius 1 is 1.00 bits per heavy atom. The molecule has 136 valence electrons. The Morgan fingerprint density at radius 2 is 1.62 bits per heavy atom. The number of hydrogen-bond donors (Lipinski definition) is 1. The number of halogens is 3. The molecule has 1 aromatic heterocycles. The molecule has 1 aliphatic heterocycles. The molecule has 1 fully saturated rings. The summed E-state index contributed by atoms with van der Waals surface area (Å²) in [6.07, 6.45) is 0.174. The van der Waals surface area contributed by atoms with Crippen LogP contribution in [-0.4, -0.2) is 34.8 Å². The number of nitrogens with zero attached hydrogens (tertiary/aromatic N) is 2. The summed E-state index contributed by atoms with van der Waals surface area (Å²) >= 11 is 0. The lowest BCUT2D eigenvalue weighted by atomic mass is 10.1. The Labute approximate surface area is 147 Å². The third-order valence-corrected chi connectivity index (χ3v) is 4.11. The van der Waals surface area contributed by atoms with Gasteiger partial charge < -0.3 is 10.2 Å². The van der Waals surface area contributed by atoms with Crippen LogP contribution in [0.15, 0.2) is 42.7 Å². The number of alkyl halides is 3. The fourth-order valence-corrected chi connectivity index (χ4v) is 2.73. The lowest BCUT2D eigenvalue weighted by Gasteiger charge is -2.15. The molecule has 8 heteroatoms. The minimum Gasteiger partial charge on any atom is -0.339 e. The highest BCUT2D eigenvalue weighted by atomic mass is 19.4. The van der Waals surface area contributed by atoms with Crippen LogP contribution < -0.4 is 5.32 Å². The Bertz CT molecular complexity index is 813. The lowest BCUT2D eigenvalue weighted by Crippen LogP contribution is -2.28. The zero-order chi connectivity index (χ0) is 18.7. The average Bonchev–Trinajstić information content (AvgIpc) is 3.15. The van der Waals surface area contributed by atoms with Gasteiger partial charge in [0.1, 0.15) is 0 Å². The number of pyridine rings is 1. The molecule has 1 aromatic carbocycles. The summed E-state index contributed by atoms with van der Waals surface area (Å²) in [5.41, 5.74) is -0.100. The number of anilines is 1. The summed E-state index contributed by atoms with van der Waals surface area (Å²) in [6, 6.07) is 5.57. The van der Waals surface area contributed by atoms with E-state index in [9.17, 15) is 22.8 Å². The largest absolute Gasteiger partial charge is 0.416 e. The molecule has 0 aliphatic carbocycles. The summed E-state index contributed by atoms with van der Waals surface area (Å²) in [6.45, 7) is 1.36. The number of rotatable bonds is 3. The first kappa shape index (κ1) is 17.9. The van der Waals surface area contributed by atoms with Crippen LogP contribution in [0.4, 0.5) is 18.9 Å². The summed E-state index contributed by atoms with van der Waals surface area (Å²) in [5, 5.41) is 2.50. The Kier molecular flexibility index (Phi) is 4.92. The first-order chi connectivity index (χ1) is 12.3. The average molecular weight is 363 g/mol. The van der Waals surface area contributed by atoms with Crippen LogP contribution in [-0.2, 0) is 6.18 Å². The standard InChI is InChI=1S/C18H16F3N3O2/c19-18(20,21)14-3-5-15(6-4-14)23-16(25)12-9-13(11-22-10-12)17(26)24-7-1-2-8-24/h3-6,9-11H,1-2,7-8H2,(H,23,25). The van der Waals surface area contributed by atoms with Gasteiger partial charge in [-0.25, -0.2) is 0 Å². The van der Waals surface area contributed by atoms with Crippen molar-refractivity contribution in [1.29, 1.82) is 0 Å². The summed E-state index contributed by atoms with van der Waals surface area (Å²) in [4.78, 5) is 30.3. The predicted molar refractivity (Wildman–Crippen MR) is 88.8 cm³/mol. The summed E-state index contributed by atoms with van der Waals surface area (Å²) in [5.74, 6) is -0.729. The van der Waals surface area contributed by atoms with E-state index in [4.69, 9.17) is 0 Å². The van der Waals surface area contributed by atoms with E-state index in [0.29, 0.717) is 18.7 Å². The molecule has 2 aromatic rings. The van der Waals surface area contributed by atoms with Gasteiger partial charge in [-0.2, -0.15) is 13.2 Å². The molecule has 0 radical (unpaired) electrons. The van der Waals surface area contributed by atoms with Crippen LogP contribution in [0.3, 0.4) is 0 Å². The van der Waals surface area contributed by atoms with Crippen LogP contribution >= 0.6 is 0 Å². The third-order valence-electron chi connectivity index (χ3n) is 4.11. The topological polar surface area (TPSA) is 62.3 Å². The van der Waals surface area contributed by atoms with Crippen LogP contribution in [0.2, 0.25) is 0 Å². The van der Waals surface area contributed by atoms with Gasteiger partial charge in [-0.1, -0.05) is 0 Å². The first-order valence-corrected chi connectivity index (χ1v) is 8.07. The molecule has 2 amide bonds.